The Morgan fingerprint density at radius 1 is 0.968 bits per heavy atom. The predicted octanol–water partition coefficient (Wildman–Crippen LogP) is 0.705. The molecule has 0 saturated carbocycles. The van der Waals surface area contributed by atoms with Crippen molar-refractivity contribution >= 4 is 11.8 Å². The van der Waals surface area contributed by atoms with Gasteiger partial charge >= 0.3 is 0 Å². The summed E-state index contributed by atoms with van der Waals surface area (Å²) in [6.45, 7) is 7.31. The molecule has 2 fully saturated rings. The highest BCUT2D eigenvalue weighted by Gasteiger charge is 2.34. The maximum absolute atomic E-state index is 13.1. The van der Waals surface area contributed by atoms with Crippen LogP contribution in [0.2, 0.25) is 0 Å². The molecule has 3 heterocycles. The number of aliphatic hydroxyl groups is 1. The Labute approximate surface area is 182 Å². The van der Waals surface area contributed by atoms with Gasteiger partial charge in [-0.1, -0.05) is 18.2 Å². The molecule has 166 valence electrons. The Hall–Kier alpha value is -2.78. The summed E-state index contributed by atoms with van der Waals surface area (Å²) in [5.74, 6) is 0.734. The number of para-hydroxylation sites is 1. The van der Waals surface area contributed by atoms with Gasteiger partial charge in [0.15, 0.2) is 0 Å². The second-order valence-electron chi connectivity index (χ2n) is 8.28. The van der Waals surface area contributed by atoms with E-state index in [4.69, 9.17) is 0 Å². The van der Waals surface area contributed by atoms with Crippen LogP contribution in [0.15, 0.2) is 30.3 Å². The lowest BCUT2D eigenvalue weighted by molar-refractivity contribution is -0.131. The Balaban J connectivity index is 1.42. The van der Waals surface area contributed by atoms with E-state index in [9.17, 15) is 14.7 Å². The van der Waals surface area contributed by atoms with Gasteiger partial charge in [0.2, 0.25) is 11.7 Å². The molecule has 2 aromatic rings. The van der Waals surface area contributed by atoms with E-state index >= 15 is 0 Å². The highest BCUT2D eigenvalue weighted by atomic mass is 16.3. The molecule has 2 saturated heterocycles. The SMILES string of the molecule is CC(=O)N1CCN([C@H]2CCN(C(=O)c3nc(C)n(-c4ccccc4)n3)CC[C@@H]2O)CC1. The van der Waals surface area contributed by atoms with Crippen LogP contribution in [0, 0.1) is 6.92 Å². The lowest BCUT2D eigenvalue weighted by Crippen LogP contribution is -2.54. The number of carbonyl (C=O) groups excluding carboxylic acids is 2. The summed E-state index contributed by atoms with van der Waals surface area (Å²) >= 11 is 0. The minimum absolute atomic E-state index is 0.0107. The zero-order valence-corrected chi connectivity index (χ0v) is 18.1. The molecule has 2 aliphatic heterocycles. The molecule has 1 N–H and O–H groups in total. The van der Waals surface area contributed by atoms with Crippen molar-refractivity contribution in [3.8, 4) is 5.69 Å². The molecular formula is C22H30N6O3. The van der Waals surface area contributed by atoms with Gasteiger partial charge in [-0.15, -0.1) is 5.10 Å². The molecule has 31 heavy (non-hydrogen) atoms. The second-order valence-corrected chi connectivity index (χ2v) is 8.28. The highest BCUT2D eigenvalue weighted by Crippen LogP contribution is 2.21. The number of nitrogens with zero attached hydrogens (tertiary/aromatic N) is 6. The van der Waals surface area contributed by atoms with Gasteiger partial charge < -0.3 is 14.9 Å². The summed E-state index contributed by atoms with van der Waals surface area (Å²) in [6, 6.07) is 9.61. The van der Waals surface area contributed by atoms with Crippen LogP contribution in [0.1, 0.15) is 36.2 Å². The lowest BCUT2D eigenvalue weighted by Gasteiger charge is -2.40. The van der Waals surface area contributed by atoms with Crippen LogP contribution in [0.3, 0.4) is 0 Å². The predicted molar refractivity (Wildman–Crippen MR) is 115 cm³/mol. The first-order valence-electron chi connectivity index (χ1n) is 10.9. The summed E-state index contributed by atoms with van der Waals surface area (Å²) < 4.78 is 1.68. The number of likely N-dealkylation sites (tertiary alicyclic amines) is 1. The first-order valence-corrected chi connectivity index (χ1v) is 10.9. The van der Waals surface area contributed by atoms with Crippen molar-refractivity contribution < 1.29 is 14.7 Å². The van der Waals surface area contributed by atoms with E-state index in [1.807, 2.05) is 42.2 Å². The highest BCUT2D eigenvalue weighted by molar-refractivity contribution is 5.90. The monoisotopic (exact) mass is 426 g/mol. The Morgan fingerprint density at radius 3 is 2.32 bits per heavy atom. The van der Waals surface area contributed by atoms with Crippen molar-refractivity contribution in [2.75, 3.05) is 39.3 Å². The summed E-state index contributed by atoms with van der Waals surface area (Å²) in [6.07, 6.45) is 0.700. The van der Waals surface area contributed by atoms with Crippen LogP contribution in [0.25, 0.3) is 5.69 Å². The summed E-state index contributed by atoms with van der Waals surface area (Å²) in [5, 5.41) is 15.2. The van der Waals surface area contributed by atoms with Crippen molar-refractivity contribution in [2.24, 2.45) is 0 Å². The number of aromatic nitrogens is 3. The third-order valence-corrected chi connectivity index (χ3v) is 6.31. The van der Waals surface area contributed by atoms with Crippen molar-refractivity contribution in [1.82, 2.24) is 29.5 Å². The molecule has 2 amide bonds. The normalized spacial score (nSPS) is 22.9. The first kappa shape index (κ1) is 21.5. The number of aryl methyl sites for hydroxylation is 1. The standard InChI is InChI=1S/C22H30N6O3/c1-16-23-21(24-28(16)18-6-4-3-5-7-18)22(31)27-10-8-19(20(30)9-11-27)26-14-12-25(13-15-26)17(2)29/h3-7,19-20,30H,8-15H2,1-2H3/t19-,20-/m0/s1. The van der Waals surface area contributed by atoms with Crippen LogP contribution in [-0.4, -0.2) is 97.8 Å². The zero-order chi connectivity index (χ0) is 22.0. The first-order chi connectivity index (χ1) is 14.9. The molecule has 9 nitrogen and oxygen atoms in total. The molecule has 0 radical (unpaired) electrons. The number of aliphatic hydroxyl groups excluding tert-OH is 1. The van der Waals surface area contributed by atoms with Gasteiger partial charge in [-0.3, -0.25) is 14.5 Å². The topological polar surface area (TPSA) is 94.8 Å². The number of hydrogen-bond donors (Lipinski definition) is 1. The fourth-order valence-electron chi connectivity index (χ4n) is 4.51. The largest absolute Gasteiger partial charge is 0.391 e. The molecule has 9 heteroatoms. The number of amides is 2. The Kier molecular flexibility index (Phi) is 6.33. The second kappa shape index (κ2) is 9.15. The molecule has 1 aromatic carbocycles. The van der Waals surface area contributed by atoms with Crippen molar-refractivity contribution in [2.45, 2.75) is 38.8 Å². The smallest absolute Gasteiger partial charge is 0.293 e. The number of carbonyl (C=O) groups is 2. The molecule has 2 atom stereocenters. The third kappa shape index (κ3) is 4.62. The van der Waals surface area contributed by atoms with Gasteiger partial charge in [-0.05, 0) is 31.9 Å². The summed E-state index contributed by atoms with van der Waals surface area (Å²) in [5.41, 5.74) is 0.864. The maximum Gasteiger partial charge on any atom is 0.293 e. The van der Waals surface area contributed by atoms with Gasteiger partial charge in [-0.2, -0.15) is 0 Å². The zero-order valence-electron chi connectivity index (χ0n) is 18.1. The van der Waals surface area contributed by atoms with E-state index in [0.29, 0.717) is 44.8 Å². The van der Waals surface area contributed by atoms with E-state index in [2.05, 4.69) is 15.0 Å². The van der Waals surface area contributed by atoms with Crippen LogP contribution in [0.4, 0.5) is 0 Å². The quantitative estimate of drug-likeness (QED) is 0.777. The average molecular weight is 427 g/mol. The van der Waals surface area contributed by atoms with Gasteiger partial charge in [0.25, 0.3) is 5.91 Å². The van der Waals surface area contributed by atoms with Gasteiger partial charge in [0, 0.05) is 52.2 Å². The van der Waals surface area contributed by atoms with E-state index in [1.165, 1.54) is 0 Å². The van der Waals surface area contributed by atoms with Crippen molar-refractivity contribution in [3.63, 3.8) is 0 Å². The van der Waals surface area contributed by atoms with Crippen LogP contribution in [-0.2, 0) is 4.79 Å². The Morgan fingerprint density at radius 2 is 1.65 bits per heavy atom. The van der Waals surface area contributed by atoms with Gasteiger partial charge in [0.05, 0.1) is 11.8 Å². The Bertz CT molecular complexity index is 923. The maximum atomic E-state index is 13.1. The molecule has 0 aliphatic carbocycles. The minimum Gasteiger partial charge on any atom is -0.391 e. The van der Waals surface area contributed by atoms with Crippen molar-refractivity contribution in [1.29, 1.82) is 0 Å². The number of benzene rings is 1. The fraction of sp³-hybridized carbons (Fsp3) is 0.545. The van der Waals surface area contributed by atoms with Gasteiger partial charge in [-0.25, -0.2) is 9.67 Å². The van der Waals surface area contributed by atoms with Crippen LogP contribution in [0.5, 0.6) is 0 Å². The third-order valence-electron chi connectivity index (χ3n) is 6.31. The fourth-order valence-corrected chi connectivity index (χ4v) is 4.51. The summed E-state index contributed by atoms with van der Waals surface area (Å²) in [7, 11) is 0. The molecule has 4 rings (SSSR count). The van der Waals surface area contributed by atoms with Crippen LogP contribution < -0.4 is 0 Å². The van der Waals surface area contributed by atoms with E-state index in [0.717, 1.165) is 18.8 Å². The summed E-state index contributed by atoms with van der Waals surface area (Å²) in [4.78, 5) is 34.9. The van der Waals surface area contributed by atoms with Crippen molar-refractivity contribution in [3.05, 3.63) is 42.0 Å². The van der Waals surface area contributed by atoms with Gasteiger partial charge in [0.1, 0.15) is 5.82 Å². The molecule has 0 unspecified atom stereocenters. The molecule has 0 spiro atoms. The molecule has 0 bridgehead atoms. The average Bonchev–Trinajstić information content (AvgIpc) is 3.06. The van der Waals surface area contributed by atoms with E-state index in [1.54, 1.807) is 16.5 Å². The van der Waals surface area contributed by atoms with E-state index in [-0.39, 0.29) is 23.7 Å². The number of piperazine rings is 1. The molecular weight excluding hydrogens is 396 g/mol. The molecule has 1 aromatic heterocycles. The number of hydrogen-bond acceptors (Lipinski definition) is 6. The lowest BCUT2D eigenvalue weighted by atomic mass is 10.0. The number of rotatable bonds is 3. The minimum atomic E-state index is -0.502. The van der Waals surface area contributed by atoms with E-state index < -0.39 is 6.10 Å². The molecule has 2 aliphatic rings. The van der Waals surface area contributed by atoms with Crippen LogP contribution >= 0.6 is 0 Å².